The van der Waals surface area contributed by atoms with Crippen LogP contribution in [0.4, 0.5) is 0 Å². The molecule has 0 amide bonds. The van der Waals surface area contributed by atoms with E-state index in [1.54, 1.807) is 0 Å². The minimum absolute atomic E-state index is 0.0278. The molecular weight excluding hydrogens is 740 g/mol. The van der Waals surface area contributed by atoms with Crippen molar-refractivity contribution < 1.29 is 67.1 Å². The van der Waals surface area contributed by atoms with Crippen LogP contribution in [0.15, 0.2) is 0 Å². The van der Waals surface area contributed by atoms with E-state index in [9.17, 15) is 5.11 Å². The van der Waals surface area contributed by atoms with Crippen LogP contribution in [0.3, 0.4) is 0 Å². The van der Waals surface area contributed by atoms with Crippen LogP contribution < -0.4 is 0 Å². The molecule has 1 heterocycles. The molecule has 1 rings (SSSR count). The van der Waals surface area contributed by atoms with Gasteiger partial charge in [-0.2, -0.15) is 0 Å². The van der Waals surface area contributed by atoms with E-state index in [1.165, 1.54) is 0 Å². The van der Waals surface area contributed by atoms with Crippen molar-refractivity contribution in [3.05, 3.63) is 0 Å². The zero-order valence-corrected chi connectivity index (χ0v) is 38.1. The molecule has 0 aliphatic carbocycles. The highest BCUT2D eigenvalue weighted by Crippen LogP contribution is 2.31. The summed E-state index contributed by atoms with van der Waals surface area (Å²) in [5.41, 5.74) is -0.506. The van der Waals surface area contributed by atoms with Gasteiger partial charge in [0.05, 0.1) is 157 Å². The Balaban J connectivity index is 2.92. The fourth-order valence-electron chi connectivity index (χ4n) is 5.29. The first-order chi connectivity index (χ1) is 26.7. The Kier molecular flexibility index (Phi) is 28.3. The SMILES string of the molecule is CC(C)(C)C1COCCOCCOCC(O)COC(COCCOCCO)COC(C(C)(C)C)COCCOCCOCC(C(C)(C)C)OCC(C(C)(C)C)OC1. The lowest BCUT2D eigenvalue weighted by molar-refractivity contribution is -0.141. The van der Waals surface area contributed by atoms with Crippen LogP contribution in [-0.4, -0.2) is 179 Å². The van der Waals surface area contributed by atoms with Crippen molar-refractivity contribution in [1.29, 1.82) is 0 Å². The van der Waals surface area contributed by atoms with E-state index in [1.807, 2.05) is 0 Å². The third kappa shape index (κ3) is 27.8. The molecule has 0 radical (unpaired) electrons. The minimum Gasteiger partial charge on any atom is -0.394 e. The number of hydrogen-bond donors (Lipinski definition) is 2. The van der Waals surface area contributed by atoms with Crippen LogP contribution >= 0.6 is 0 Å². The highest BCUT2D eigenvalue weighted by Gasteiger charge is 2.33. The summed E-state index contributed by atoms with van der Waals surface area (Å²) in [7, 11) is 0. The molecule has 6 unspecified atom stereocenters. The molecule has 1 aliphatic rings. The molecule has 1 saturated heterocycles. The smallest absolute Gasteiger partial charge is 0.104 e. The molecule has 1 aliphatic heterocycles. The Morgan fingerprint density at radius 3 is 1.33 bits per heavy atom. The lowest BCUT2D eigenvalue weighted by Crippen LogP contribution is -2.42. The predicted molar refractivity (Wildman–Crippen MR) is 220 cm³/mol. The van der Waals surface area contributed by atoms with Crippen LogP contribution in [-0.2, 0) is 56.8 Å². The van der Waals surface area contributed by atoms with E-state index < -0.39 is 12.2 Å². The van der Waals surface area contributed by atoms with Crippen LogP contribution in [0, 0.1) is 27.6 Å². The lowest BCUT2D eigenvalue weighted by Gasteiger charge is -2.38. The van der Waals surface area contributed by atoms with Gasteiger partial charge in [0.1, 0.15) is 12.2 Å². The summed E-state index contributed by atoms with van der Waals surface area (Å²) in [6.07, 6.45) is -1.77. The zero-order chi connectivity index (χ0) is 42.8. The van der Waals surface area contributed by atoms with Crippen molar-refractivity contribution in [3.63, 3.8) is 0 Å². The third-order valence-corrected chi connectivity index (χ3v) is 9.64. The van der Waals surface area contributed by atoms with Crippen LogP contribution in [0.2, 0.25) is 0 Å². The fraction of sp³-hybridized carbons (Fsp3) is 1.00. The normalized spacial score (nSPS) is 27.9. The second kappa shape index (κ2) is 29.7. The summed E-state index contributed by atoms with van der Waals surface area (Å²) in [6, 6.07) is 0. The standard InChI is InChI=1S/C43H86O14/c1-40(2,3)34-25-49-20-16-47-17-21-50-27-35(45)28-54-36(29-51-22-15-46-14-13-44)30-56-37(41(4,5)6)31-52-23-18-48-19-24-53-32-38(42(7,8)9)57-33-39(55-26-34)43(10,11)12/h34-39,44-45H,13-33H2,1-12H3. The zero-order valence-electron chi connectivity index (χ0n) is 38.1. The largest absolute Gasteiger partial charge is 0.394 e. The molecule has 0 bridgehead atoms. The third-order valence-electron chi connectivity index (χ3n) is 9.64. The van der Waals surface area contributed by atoms with E-state index in [0.717, 1.165) is 0 Å². The van der Waals surface area contributed by atoms with Gasteiger partial charge in [-0.05, 0) is 21.7 Å². The molecule has 1 fully saturated rings. The van der Waals surface area contributed by atoms with E-state index >= 15 is 0 Å². The number of rotatable bonds is 7. The first kappa shape index (κ1) is 54.5. The molecule has 0 saturated carbocycles. The number of hydrogen-bond acceptors (Lipinski definition) is 14. The molecule has 14 heteroatoms. The molecule has 0 aromatic heterocycles. The van der Waals surface area contributed by atoms with Crippen molar-refractivity contribution in [2.75, 3.05) is 139 Å². The Labute approximate surface area is 346 Å². The van der Waals surface area contributed by atoms with Crippen molar-refractivity contribution in [3.8, 4) is 0 Å². The Hall–Kier alpha value is -0.560. The summed E-state index contributed by atoms with van der Waals surface area (Å²) < 4.78 is 71.9. The summed E-state index contributed by atoms with van der Waals surface area (Å²) in [5.74, 6) is 0.166. The maximum absolute atomic E-state index is 10.6. The van der Waals surface area contributed by atoms with E-state index in [2.05, 4.69) is 83.1 Å². The van der Waals surface area contributed by atoms with Crippen molar-refractivity contribution in [2.24, 2.45) is 27.6 Å². The second-order valence-electron chi connectivity index (χ2n) is 19.2. The van der Waals surface area contributed by atoms with Crippen LogP contribution in [0.1, 0.15) is 83.1 Å². The molecule has 0 aromatic carbocycles. The number of aliphatic hydroxyl groups excluding tert-OH is 2. The van der Waals surface area contributed by atoms with E-state index in [-0.39, 0.29) is 85.5 Å². The number of ether oxygens (including phenoxy) is 12. The van der Waals surface area contributed by atoms with Crippen molar-refractivity contribution in [2.45, 2.75) is 114 Å². The van der Waals surface area contributed by atoms with Crippen LogP contribution in [0.5, 0.6) is 0 Å². The average molecular weight is 827 g/mol. The Morgan fingerprint density at radius 1 is 0.421 bits per heavy atom. The van der Waals surface area contributed by atoms with Gasteiger partial charge in [0.2, 0.25) is 0 Å². The highest BCUT2D eigenvalue weighted by molar-refractivity contribution is 4.81. The first-order valence-electron chi connectivity index (χ1n) is 21.1. The van der Waals surface area contributed by atoms with Gasteiger partial charge in [-0.15, -0.1) is 0 Å². The first-order valence-corrected chi connectivity index (χ1v) is 21.1. The van der Waals surface area contributed by atoms with Gasteiger partial charge < -0.3 is 67.1 Å². The van der Waals surface area contributed by atoms with Gasteiger partial charge in [0.25, 0.3) is 0 Å². The molecule has 6 atom stereocenters. The molecule has 0 aromatic rings. The van der Waals surface area contributed by atoms with Gasteiger partial charge in [0.15, 0.2) is 0 Å². The topological polar surface area (TPSA) is 151 Å². The van der Waals surface area contributed by atoms with Gasteiger partial charge in [0, 0.05) is 5.92 Å². The van der Waals surface area contributed by atoms with Crippen LogP contribution in [0.25, 0.3) is 0 Å². The highest BCUT2D eigenvalue weighted by atomic mass is 16.6. The van der Waals surface area contributed by atoms with E-state index in [4.69, 9.17) is 61.9 Å². The van der Waals surface area contributed by atoms with Crippen molar-refractivity contribution >= 4 is 0 Å². The van der Waals surface area contributed by atoms with Gasteiger partial charge >= 0.3 is 0 Å². The Morgan fingerprint density at radius 2 is 0.842 bits per heavy atom. The molecule has 342 valence electrons. The second-order valence-corrected chi connectivity index (χ2v) is 19.2. The monoisotopic (exact) mass is 827 g/mol. The summed E-state index contributed by atoms with van der Waals surface area (Å²) in [4.78, 5) is 0. The molecular formula is C43H86O14. The average Bonchev–Trinajstić information content (AvgIpc) is 3.10. The quantitative estimate of drug-likeness (QED) is 0.338. The van der Waals surface area contributed by atoms with Gasteiger partial charge in [-0.3, -0.25) is 0 Å². The molecule has 0 spiro atoms. The Bertz CT molecular complexity index is 942. The minimum atomic E-state index is -0.842. The molecule has 14 nitrogen and oxygen atoms in total. The summed E-state index contributed by atoms with van der Waals surface area (Å²) in [6.45, 7) is 33.2. The van der Waals surface area contributed by atoms with Gasteiger partial charge in [-0.1, -0.05) is 83.1 Å². The predicted octanol–water partition coefficient (Wildman–Crippen LogP) is 4.83. The summed E-state index contributed by atoms with van der Waals surface area (Å²) >= 11 is 0. The van der Waals surface area contributed by atoms with E-state index in [0.29, 0.717) is 99.1 Å². The fourth-order valence-corrected chi connectivity index (χ4v) is 5.29. The van der Waals surface area contributed by atoms with Crippen molar-refractivity contribution in [1.82, 2.24) is 0 Å². The number of aliphatic hydroxyl groups is 2. The molecule has 2 N–H and O–H groups in total. The van der Waals surface area contributed by atoms with Gasteiger partial charge in [-0.25, -0.2) is 0 Å². The maximum Gasteiger partial charge on any atom is 0.104 e. The summed E-state index contributed by atoms with van der Waals surface area (Å²) in [5, 5.41) is 19.5. The maximum atomic E-state index is 10.6. The lowest BCUT2D eigenvalue weighted by atomic mass is 9.81. The molecule has 57 heavy (non-hydrogen) atoms.